The second kappa shape index (κ2) is 8.50. The Balaban J connectivity index is 0.000000189. The fraction of sp³-hybridized carbons (Fsp3) is 0.0800. The number of amides is 1. The summed E-state index contributed by atoms with van der Waals surface area (Å²) in [5, 5.41) is 0. The molecule has 0 spiro atoms. The minimum atomic E-state index is -0.322. The van der Waals surface area contributed by atoms with Crippen molar-refractivity contribution in [2.45, 2.75) is 12.5 Å². The maximum atomic E-state index is 12.6. The maximum absolute atomic E-state index is 12.6. The van der Waals surface area contributed by atoms with Crippen molar-refractivity contribution in [3.8, 4) is 11.8 Å². The molecule has 2 aliphatic rings. The fourth-order valence-electron chi connectivity index (χ4n) is 3.80. The Hall–Kier alpha value is -3.11. The summed E-state index contributed by atoms with van der Waals surface area (Å²) < 4.78 is 0. The first-order valence-electron chi connectivity index (χ1n) is 8.97. The van der Waals surface area contributed by atoms with Crippen LogP contribution in [0.25, 0.3) is 0 Å². The number of carbonyl (C=O) groups is 1. The quantitative estimate of drug-likeness (QED) is 0.280. The molecule has 1 atom stereocenters. The zero-order valence-electron chi connectivity index (χ0n) is 15.7. The van der Waals surface area contributed by atoms with Crippen LogP contribution in [0, 0.1) is 18.3 Å². The number of anilines is 1. The average Bonchev–Trinajstić information content (AvgIpc) is 3.16. The van der Waals surface area contributed by atoms with Crippen molar-refractivity contribution in [3.63, 3.8) is 0 Å². The van der Waals surface area contributed by atoms with Gasteiger partial charge in [0.2, 0.25) is 5.91 Å². The molecule has 1 unspecified atom stereocenters. The number of hydrogen-bond donors (Lipinski definition) is 0. The van der Waals surface area contributed by atoms with Crippen LogP contribution < -0.4 is 4.90 Å². The first kappa shape index (κ1) is 20.6. The predicted molar refractivity (Wildman–Crippen MR) is 109 cm³/mol. The summed E-state index contributed by atoms with van der Waals surface area (Å²) >= 11 is 0. The van der Waals surface area contributed by atoms with E-state index in [1.807, 2.05) is 71.6 Å². The van der Waals surface area contributed by atoms with E-state index in [4.69, 9.17) is 0 Å². The van der Waals surface area contributed by atoms with Gasteiger partial charge in [-0.3, -0.25) is 16.6 Å². The topological polar surface area (TPSA) is 37.4 Å². The Morgan fingerprint density at radius 1 is 0.931 bits per heavy atom. The standard InChI is InChI=1S/C16H12NO.C9H5O.Pd/c1-16-10-11-6-2-5-9-14(11)17(16)15(18)12-7-3-4-8-13(12)16;10-8-4-7-9-5-2-1-3-6-9;/h2-10H,1H3;1-3,5-6H;/q2*-1;+2. The van der Waals surface area contributed by atoms with E-state index in [0.717, 1.165) is 27.9 Å². The minimum absolute atomic E-state index is 0. The van der Waals surface area contributed by atoms with Gasteiger partial charge in [0.1, 0.15) is 0 Å². The van der Waals surface area contributed by atoms with Crippen molar-refractivity contribution < 1.29 is 30.0 Å². The van der Waals surface area contributed by atoms with Gasteiger partial charge >= 0.3 is 20.4 Å². The third-order valence-corrected chi connectivity index (χ3v) is 5.02. The van der Waals surface area contributed by atoms with Crippen LogP contribution in [0.1, 0.15) is 34.0 Å². The molecule has 1 amide bonds. The van der Waals surface area contributed by atoms with Gasteiger partial charge in [0, 0.05) is 17.4 Å². The number of carbonyl (C=O) groups excluding carboxylic acids is 2. The second-order valence-corrected chi connectivity index (χ2v) is 6.75. The van der Waals surface area contributed by atoms with Crippen molar-refractivity contribution in [1.82, 2.24) is 0 Å². The number of para-hydroxylation sites is 1. The van der Waals surface area contributed by atoms with Gasteiger partial charge in [0.05, 0.1) is 0 Å². The van der Waals surface area contributed by atoms with E-state index in [2.05, 4.69) is 37.3 Å². The molecular formula is C25H17NO2Pd. The normalized spacial score (nSPS) is 17.1. The average molecular weight is 470 g/mol. The van der Waals surface area contributed by atoms with Crippen molar-refractivity contribution in [2.75, 3.05) is 4.90 Å². The summed E-state index contributed by atoms with van der Waals surface area (Å²) in [6.07, 6.45) is 3.69. The predicted octanol–water partition coefficient (Wildman–Crippen LogP) is 4.27. The number of rotatable bonds is 0. The van der Waals surface area contributed by atoms with Crippen molar-refractivity contribution >= 4 is 17.9 Å². The van der Waals surface area contributed by atoms with Crippen molar-refractivity contribution in [3.05, 3.63) is 108 Å². The molecular weight excluding hydrogens is 453 g/mol. The maximum Gasteiger partial charge on any atom is 2.00 e. The Kier molecular flexibility index (Phi) is 6.04. The van der Waals surface area contributed by atoms with Gasteiger partial charge in [0.25, 0.3) is 0 Å². The SMILES string of the molecule is CC12[CH-]c3ccccc3N1C(=O)c1ccccc12.O=[C-]C#Cc1ccccc1.[Pd+2]. The van der Waals surface area contributed by atoms with Gasteiger partial charge in [-0.05, 0) is 18.6 Å². The summed E-state index contributed by atoms with van der Waals surface area (Å²) in [6, 6.07) is 25.3. The zero-order chi connectivity index (χ0) is 19.6. The molecule has 29 heavy (non-hydrogen) atoms. The van der Waals surface area contributed by atoms with Crippen LogP contribution in [0.5, 0.6) is 0 Å². The molecule has 144 valence electrons. The molecule has 4 heteroatoms. The third-order valence-electron chi connectivity index (χ3n) is 5.02. The van der Waals surface area contributed by atoms with Crippen LogP contribution in [0.3, 0.4) is 0 Å². The molecule has 2 aliphatic heterocycles. The molecule has 5 rings (SSSR count). The van der Waals surface area contributed by atoms with Crippen LogP contribution in [0.2, 0.25) is 0 Å². The Labute approximate surface area is 184 Å². The summed E-state index contributed by atoms with van der Waals surface area (Å²) in [5.41, 5.74) is 4.60. The Bertz CT molecular complexity index is 1110. The molecule has 0 fully saturated rings. The van der Waals surface area contributed by atoms with Crippen LogP contribution in [-0.4, -0.2) is 12.2 Å². The molecule has 0 N–H and O–H groups in total. The molecule has 0 saturated heterocycles. The monoisotopic (exact) mass is 469 g/mol. The van der Waals surface area contributed by atoms with E-state index in [1.165, 1.54) is 6.29 Å². The molecule has 3 aromatic rings. The minimum Gasteiger partial charge on any atom is -0.409 e. The fourth-order valence-corrected chi connectivity index (χ4v) is 3.80. The summed E-state index contributed by atoms with van der Waals surface area (Å²) in [7, 11) is 0. The molecule has 0 bridgehead atoms. The van der Waals surface area contributed by atoms with Crippen LogP contribution >= 0.6 is 0 Å². The van der Waals surface area contributed by atoms with Crippen molar-refractivity contribution in [2.24, 2.45) is 0 Å². The number of fused-ring (bicyclic) bond motifs is 5. The Morgan fingerprint density at radius 3 is 2.34 bits per heavy atom. The first-order valence-corrected chi connectivity index (χ1v) is 8.97. The van der Waals surface area contributed by atoms with Gasteiger partial charge in [-0.2, -0.15) is 18.1 Å². The van der Waals surface area contributed by atoms with Gasteiger partial charge in [-0.15, -0.1) is 6.07 Å². The van der Waals surface area contributed by atoms with Crippen molar-refractivity contribution in [1.29, 1.82) is 0 Å². The van der Waals surface area contributed by atoms with Crippen LogP contribution in [0.15, 0.2) is 78.9 Å². The summed E-state index contributed by atoms with van der Waals surface area (Å²) in [5.74, 6) is 4.94. The molecule has 0 aliphatic carbocycles. The number of benzene rings is 3. The van der Waals surface area contributed by atoms with Gasteiger partial charge in [-0.25, -0.2) is 0 Å². The van der Waals surface area contributed by atoms with Crippen LogP contribution in [0.4, 0.5) is 5.69 Å². The largest absolute Gasteiger partial charge is 2.00 e. The molecule has 2 heterocycles. The van der Waals surface area contributed by atoms with Crippen LogP contribution in [-0.2, 0) is 30.8 Å². The second-order valence-electron chi connectivity index (χ2n) is 6.75. The number of nitrogens with zero attached hydrogens (tertiary/aromatic N) is 1. The third kappa shape index (κ3) is 3.64. The first-order chi connectivity index (χ1) is 13.6. The van der Waals surface area contributed by atoms with Gasteiger partial charge < -0.3 is 9.69 Å². The van der Waals surface area contributed by atoms with E-state index in [0.29, 0.717) is 0 Å². The number of hydrogen-bond acceptors (Lipinski definition) is 2. The summed E-state index contributed by atoms with van der Waals surface area (Å²) in [4.78, 5) is 24.1. The molecule has 0 aromatic heterocycles. The van der Waals surface area contributed by atoms with E-state index in [1.54, 1.807) is 0 Å². The summed E-state index contributed by atoms with van der Waals surface area (Å²) in [6.45, 7) is 2.11. The van der Waals surface area contributed by atoms with E-state index < -0.39 is 0 Å². The Morgan fingerprint density at radius 2 is 1.59 bits per heavy atom. The smallest absolute Gasteiger partial charge is 0.409 e. The molecule has 3 aromatic carbocycles. The molecule has 0 saturated carbocycles. The molecule has 3 nitrogen and oxygen atoms in total. The molecule has 0 radical (unpaired) electrons. The van der Waals surface area contributed by atoms with Gasteiger partial charge in [0.15, 0.2) is 0 Å². The zero-order valence-corrected chi connectivity index (χ0v) is 17.2. The van der Waals surface area contributed by atoms with E-state index >= 15 is 0 Å². The van der Waals surface area contributed by atoms with E-state index in [-0.39, 0.29) is 31.9 Å². The van der Waals surface area contributed by atoms with Gasteiger partial charge in [-0.1, -0.05) is 71.9 Å². The van der Waals surface area contributed by atoms with E-state index in [9.17, 15) is 9.59 Å².